The van der Waals surface area contributed by atoms with E-state index in [1.165, 1.54) is 0 Å². The molecule has 1 unspecified atom stereocenters. The molecule has 0 spiro atoms. The van der Waals surface area contributed by atoms with Crippen molar-refractivity contribution in [3.63, 3.8) is 0 Å². The Kier molecular flexibility index (Phi) is 6.74. The van der Waals surface area contributed by atoms with Crippen LogP contribution < -0.4 is 5.32 Å². The van der Waals surface area contributed by atoms with E-state index in [4.69, 9.17) is 0 Å². The summed E-state index contributed by atoms with van der Waals surface area (Å²) in [4.78, 5) is 12.1. The van der Waals surface area contributed by atoms with Gasteiger partial charge in [0.05, 0.1) is 12.1 Å². The summed E-state index contributed by atoms with van der Waals surface area (Å²) in [7, 11) is 1.80. The molecule has 19 heavy (non-hydrogen) atoms. The third-order valence-electron chi connectivity index (χ3n) is 3.20. The molecule has 0 heterocycles. The van der Waals surface area contributed by atoms with Gasteiger partial charge in [0.15, 0.2) is 5.78 Å². The quantitative estimate of drug-likeness (QED) is 0.756. The number of nitrogens with one attached hydrogen (secondary N) is 1. The molecule has 1 aromatic carbocycles. The molecule has 1 aromatic rings. The number of benzene rings is 1. The van der Waals surface area contributed by atoms with Gasteiger partial charge in [0.2, 0.25) is 0 Å². The van der Waals surface area contributed by atoms with Crippen molar-refractivity contribution < 1.29 is 9.90 Å². The maximum Gasteiger partial charge on any atom is 0.152 e. The van der Waals surface area contributed by atoms with Crippen LogP contribution in [0.3, 0.4) is 0 Å². The molecule has 0 aliphatic carbocycles. The molecule has 0 amide bonds. The molecular weight excluding hydrogens is 238 g/mol. The molecule has 0 bridgehead atoms. The second kappa shape index (κ2) is 8.08. The number of ketones is 1. The highest BCUT2D eigenvalue weighted by Crippen LogP contribution is 2.11. The van der Waals surface area contributed by atoms with Crippen LogP contribution in [0.1, 0.15) is 32.3 Å². The highest BCUT2D eigenvalue weighted by atomic mass is 16.3. The fraction of sp³-hybridized carbons (Fsp3) is 0.562. The van der Waals surface area contributed by atoms with Crippen molar-refractivity contribution in [2.45, 2.75) is 45.3 Å². The van der Waals surface area contributed by atoms with E-state index in [-0.39, 0.29) is 18.2 Å². The Morgan fingerprint density at radius 3 is 2.42 bits per heavy atom. The summed E-state index contributed by atoms with van der Waals surface area (Å²) in [6.07, 6.45) is 0.962. The Morgan fingerprint density at radius 1 is 1.26 bits per heavy atom. The normalized spacial score (nSPS) is 14.4. The van der Waals surface area contributed by atoms with Gasteiger partial charge in [-0.05, 0) is 31.4 Å². The topological polar surface area (TPSA) is 49.3 Å². The molecule has 1 rings (SSSR count). The smallest absolute Gasteiger partial charge is 0.152 e. The minimum atomic E-state index is -0.599. The van der Waals surface area contributed by atoms with Crippen LogP contribution in [-0.2, 0) is 11.2 Å². The van der Waals surface area contributed by atoms with Gasteiger partial charge < -0.3 is 10.4 Å². The molecular formula is C16H25NO2. The van der Waals surface area contributed by atoms with Crippen molar-refractivity contribution in [3.05, 3.63) is 35.9 Å². The van der Waals surface area contributed by atoms with Gasteiger partial charge in [-0.25, -0.2) is 0 Å². The molecule has 0 radical (unpaired) electrons. The number of aliphatic hydroxyl groups excluding tert-OH is 1. The van der Waals surface area contributed by atoms with E-state index in [0.29, 0.717) is 12.3 Å². The number of carbonyl (C=O) groups is 1. The summed E-state index contributed by atoms with van der Waals surface area (Å²) in [5.41, 5.74) is 1.06. The molecule has 0 aliphatic rings. The first kappa shape index (κ1) is 15.9. The molecule has 3 heteroatoms. The van der Waals surface area contributed by atoms with Gasteiger partial charge in [-0.2, -0.15) is 0 Å². The van der Waals surface area contributed by atoms with E-state index in [9.17, 15) is 9.90 Å². The maximum atomic E-state index is 12.1. The van der Waals surface area contributed by atoms with Gasteiger partial charge in [0, 0.05) is 6.42 Å². The Labute approximate surface area is 116 Å². The highest BCUT2D eigenvalue weighted by Gasteiger charge is 2.20. The monoisotopic (exact) mass is 263 g/mol. The maximum absolute atomic E-state index is 12.1. The third-order valence-corrected chi connectivity index (χ3v) is 3.20. The zero-order chi connectivity index (χ0) is 14.3. The average Bonchev–Trinajstić information content (AvgIpc) is 2.36. The largest absolute Gasteiger partial charge is 0.392 e. The number of carbonyl (C=O) groups excluding carboxylic acids is 1. The minimum Gasteiger partial charge on any atom is -0.392 e. The molecule has 3 nitrogen and oxygen atoms in total. The Bertz CT molecular complexity index is 376. The van der Waals surface area contributed by atoms with E-state index in [2.05, 4.69) is 19.2 Å². The van der Waals surface area contributed by atoms with Crippen LogP contribution in [0.15, 0.2) is 30.3 Å². The summed E-state index contributed by atoms with van der Waals surface area (Å²) < 4.78 is 0. The van der Waals surface area contributed by atoms with Crippen LogP contribution in [0.2, 0.25) is 0 Å². The summed E-state index contributed by atoms with van der Waals surface area (Å²) in [5.74, 6) is 0.562. The van der Waals surface area contributed by atoms with Crippen LogP contribution in [0.25, 0.3) is 0 Å². The summed E-state index contributed by atoms with van der Waals surface area (Å²) >= 11 is 0. The molecule has 106 valence electrons. The van der Waals surface area contributed by atoms with Crippen LogP contribution in [0, 0.1) is 5.92 Å². The second-order valence-electron chi connectivity index (χ2n) is 5.48. The molecule has 0 fully saturated rings. The van der Waals surface area contributed by atoms with Crippen molar-refractivity contribution in [1.82, 2.24) is 5.32 Å². The third kappa shape index (κ3) is 5.99. The SMILES string of the molecule is CN[C@@H](CC(C)C)C(=O)CC(O)Cc1ccccc1. The summed E-state index contributed by atoms with van der Waals surface area (Å²) in [6.45, 7) is 4.19. The number of hydrogen-bond donors (Lipinski definition) is 2. The zero-order valence-electron chi connectivity index (χ0n) is 12.1. The molecule has 0 aromatic heterocycles. The van der Waals surface area contributed by atoms with Crippen LogP contribution in [0.5, 0.6) is 0 Å². The van der Waals surface area contributed by atoms with Gasteiger partial charge in [-0.3, -0.25) is 4.79 Å². The predicted octanol–water partition coefficient (Wildman–Crippen LogP) is 2.18. The average molecular weight is 263 g/mol. The van der Waals surface area contributed by atoms with E-state index in [0.717, 1.165) is 12.0 Å². The lowest BCUT2D eigenvalue weighted by Crippen LogP contribution is -2.37. The van der Waals surface area contributed by atoms with Gasteiger partial charge in [-0.1, -0.05) is 44.2 Å². The van der Waals surface area contributed by atoms with Crippen molar-refractivity contribution in [2.75, 3.05) is 7.05 Å². The number of likely N-dealkylation sites (N-methyl/N-ethyl adjacent to an activating group) is 1. The summed E-state index contributed by atoms with van der Waals surface area (Å²) in [6, 6.07) is 9.62. The number of aliphatic hydroxyl groups is 1. The van der Waals surface area contributed by atoms with Crippen LogP contribution >= 0.6 is 0 Å². The Hall–Kier alpha value is -1.19. The molecule has 2 atom stereocenters. The molecule has 2 N–H and O–H groups in total. The van der Waals surface area contributed by atoms with E-state index in [1.807, 2.05) is 30.3 Å². The number of hydrogen-bond acceptors (Lipinski definition) is 3. The van der Waals surface area contributed by atoms with Crippen molar-refractivity contribution in [3.8, 4) is 0 Å². The first-order chi connectivity index (χ1) is 9.02. The summed E-state index contributed by atoms with van der Waals surface area (Å²) in [5, 5.41) is 13.0. The molecule has 0 saturated carbocycles. The fourth-order valence-electron chi connectivity index (χ4n) is 2.21. The lowest BCUT2D eigenvalue weighted by atomic mass is 9.95. The van der Waals surface area contributed by atoms with Crippen molar-refractivity contribution >= 4 is 5.78 Å². The van der Waals surface area contributed by atoms with Crippen LogP contribution in [0.4, 0.5) is 0 Å². The lowest BCUT2D eigenvalue weighted by molar-refractivity contribution is -0.123. The van der Waals surface area contributed by atoms with Gasteiger partial charge >= 0.3 is 0 Å². The van der Waals surface area contributed by atoms with E-state index in [1.54, 1.807) is 7.05 Å². The zero-order valence-corrected chi connectivity index (χ0v) is 12.1. The minimum absolute atomic E-state index is 0.0969. The van der Waals surface area contributed by atoms with Gasteiger partial charge in [0.25, 0.3) is 0 Å². The first-order valence-electron chi connectivity index (χ1n) is 6.95. The van der Waals surface area contributed by atoms with E-state index >= 15 is 0 Å². The Balaban J connectivity index is 2.46. The van der Waals surface area contributed by atoms with Gasteiger partial charge in [0.1, 0.15) is 0 Å². The number of Topliss-reactive ketones (excluding diaryl/α,β-unsaturated/α-hetero) is 1. The second-order valence-corrected chi connectivity index (χ2v) is 5.48. The standard InChI is InChI=1S/C16H25NO2/c1-12(2)9-15(17-3)16(19)11-14(18)10-13-7-5-4-6-8-13/h4-8,12,14-15,17-18H,9-11H2,1-3H3/t14?,15-/m0/s1. The van der Waals surface area contributed by atoms with Crippen molar-refractivity contribution in [1.29, 1.82) is 0 Å². The number of rotatable bonds is 8. The lowest BCUT2D eigenvalue weighted by Gasteiger charge is -2.19. The van der Waals surface area contributed by atoms with Crippen molar-refractivity contribution in [2.24, 2.45) is 5.92 Å². The predicted molar refractivity (Wildman–Crippen MR) is 78.1 cm³/mol. The van der Waals surface area contributed by atoms with Crippen LogP contribution in [-0.4, -0.2) is 30.1 Å². The van der Waals surface area contributed by atoms with Gasteiger partial charge in [-0.15, -0.1) is 0 Å². The molecule has 0 saturated heterocycles. The molecule has 0 aliphatic heterocycles. The highest BCUT2D eigenvalue weighted by molar-refractivity contribution is 5.84. The first-order valence-corrected chi connectivity index (χ1v) is 6.95. The van der Waals surface area contributed by atoms with E-state index < -0.39 is 6.10 Å². The fourth-order valence-corrected chi connectivity index (χ4v) is 2.21. The Morgan fingerprint density at radius 2 is 1.89 bits per heavy atom.